The third kappa shape index (κ3) is 3.44. The van der Waals surface area contributed by atoms with Gasteiger partial charge in [-0.15, -0.1) is 0 Å². The predicted molar refractivity (Wildman–Crippen MR) is 95.8 cm³/mol. The third-order valence-corrected chi connectivity index (χ3v) is 4.91. The molecule has 26 heavy (non-hydrogen) atoms. The Labute approximate surface area is 151 Å². The van der Waals surface area contributed by atoms with Gasteiger partial charge in [-0.05, 0) is 18.9 Å². The van der Waals surface area contributed by atoms with Crippen LogP contribution in [0.2, 0.25) is 0 Å². The molecule has 4 rings (SSSR count). The van der Waals surface area contributed by atoms with Gasteiger partial charge in [0.2, 0.25) is 0 Å². The standard InChI is InChI=1S/C18H21FN6O/c19-15-9-14(11-20-12-15)18(26)25-7-5-24(6-8-25)17-10-16(21-13-22-17)23-3-1-2-4-23/h9-13H,1-8H2. The maximum absolute atomic E-state index is 13.3. The van der Waals surface area contributed by atoms with E-state index in [1.807, 2.05) is 6.07 Å². The van der Waals surface area contributed by atoms with Gasteiger partial charge in [0.1, 0.15) is 23.8 Å². The zero-order chi connectivity index (χ0) is 17.9. The van der Waals surface area contributed by atoms with Gasteiger partial charge >= 0.3 is 0 Å². The van der Waals surface area contributed by atoms with Crippen molar-refractivity contribution >= 4 is 17.5 Å². The highest BCUT2D eigenvalue weighted by Crippen LogP contribution is 2.22. The van der Waals surface area contributed by atoms with Gasteiger partial charge in [-0.3, -0.25) is 9.78 Å². The van der Waals surface area contributed by atoms with Crippen LogP contribution >= 0.6 is 0 Å². The predicted octanol–water partition coefficient (Wildman–Crippen LogP) is 1.57. The molecule has 2 saturated heterocycles. The number of piperazine rings is 1. The molecule has 136 valence electrons. The van der Waals surface area contributed by atoms with Crippen molar-refractivity contribution in [2.45, 2.75) is 12.8 Å². The van der Waals surface area contributed by atoms with Crippen LogP contribution < -0.4 is 9.80 Å². The summed E-state index contributed by atoms with van der Waals surface area (Å²) in [6.07, 6.45) is 6.52. The first-order valence-electron chi connectivity index (χ1n) is 8.92. The van der Waals surface area contributed by atoms with Crippen molar-refractivity contribution in [3.63, 3.8) is 0 Å². The lowest BCUT2D eigenvalue weighted by Gasteiger charge is -2.35. The van der Waals surface area contributed by atoms with E-state index in [1.165, 1.54) is 25.1 Å². The number of hydrogen-bond acceptors (Lipinski definition) is 6. The Balaban J connectivity index is 1.40. The molecule has 0 N–H and O–H groups in total. The van der Waals surface area contributed by atoms with Gasteiger partial charge in [-0.1, -0.05) is 0 Å². The quantitative estimate of drug-likeness (QED) is 0.832. The lowest BCUT2D eigenvalue weighted by atomic mass is 10.2. The number of amides is 1. The lowest BCUT2D eigenvalue weighted by Crippen LogP contribution is -2.49. The van der Waals surface area contributed by atoms with Crippen LogP contribution in [0.3, 0.4) is 0 Å². The normalized spacial score (nSPS) is 17.7. The summed E-state index contributed by atoms with van der Waals surface area (Å²) in [5.41, 5.74) is 0.289. The summed E-state index contributed by atoms with van der Waals surface area (Å²) in [6, 6.07) is 3.26. The molecule has 2 aliphatic rings. The number of rotatable bonds is 3. The van der Waals surface area contributed by atoms with E-state index in [9.17, 15) is 9.18 Å². The highest BCUT2D eigenvalue weighted by molar-refractivity contribution is 5.94. The van der Waals surface area contributed by atoms with Crippen LogP contribution in [0.1, 0.15) is 23.2 Å². The van der Waals surface area contributed by atoms with Crippen LogP contribution in [-0.2, 0) is 0 Å². The maximum Gasteiger partial charge on any atom is 0.255 e. The van der Waals surface area contributed by atoms with E-state index >= 15 is 0 Å². The molecule has 0 radical (unpaired) electrons. The Morgan fingerprint density at radius 3 is 2.19 bits per heavy atom. The number of anilines is 2. The Morgan fingerprint density at radius 2 is 1.54 bits per heavy atom. The summed E-state index contributed by atoms with van der Waals surface area (Å²) in [4.78, 5) is 31.2. The van der Waals surface area contributed by atoms with Crippen molar-refractivity contribution in [1.29, 1.82) is 0 Å². The van der Waals surface area contributed by atoms with Crippen LogP contribution in [0, 0.1) is 5.82 Å². The molecular formula is C18H21FN6O. The SMILES string of the molecule is O=C(c1cncc(F)c1)N1CCN(c2cc(N3CCCC3)ncn2)CC1. The van der Waals surface area contributed by atoms with Crippen LogP contribution in [0.25, 0.3) is 0 Å². The van der Waals surface area contributed by atoms with E-state index in [0.717, 1.165) is 30.9 Å². The van der Waals surface area contributed by atoms with Gasteiger partial charge < -0.3 is 14.7 Å². The third-order valence-electron chi connectivity index (χ3n) is 4.91. The molecule has 0 unspecified atom stereocenters. The molecule has 7 nitrogen and oxygen atoms in total. The molecular weight excluding hydrogens is 335 g/mol. The zero-order valence-corrected chi connectivity index (χ0v) is 14.5. The number of hydrogen-bond donors (Lipinski definition) is 0. The van der Waals surface area contributed by atoms with Gasteiger partial charge in [0, 0.05) is 51.5 Å². The molecule has 2 aromatic heterocycles. The number of nitrogens with zero attached hydrogens (tertiary/aromatic N) is 6. The molecule has 0 saturated carbocycles. The van der Waals surface area contributed by atoms with Crippen LogP contribution in [0.5, 0.6) is 0 Å². The molecule has 2 fully saturated rings. The van der Waals surface area contributed by atoms with Crippen molar-refractivity contribution in [3.05, 3.63) is 42.2 Å². The minimum absolute atomic E-state index is 0.183. The smallest absolute Gasteiger partial charge is 0.255 e. The molecule has 0 aromatic carbocycles. The van der Waals surface area contributed by atoms with Crippen LogP contribution in [-0.4, -0.2) is 65.0 Å². The minimum Gasteiger partial charge on any atom is -0.356 e. The van der Waals surface area contributed by atoms with Gasteiger partial charge in [0.25, 0.3) is 5.91 Å². The first-order valence-corrected chi connectivity index (χ1v) is 8.92. The molecule has 0 atom stereocenters. The van der Waals surface area contributed by atoms with Gasteiger partial charge in [-0.25, -0.2) is 14.4 Å². The summed E-state index contributed by atoms with van der Waals surface area (Å²) >= 11 is 0. The van der Waals surface area contributed by atoms with Crippen molar-refractivity contribution in [1.82, 2.24) is 19.9 Å². The first kappa shape index (κ1) is 16.7. The van der Waals surface area contributed by atoms with E-state index in [0.29, 0.717) is 26.2 Å². The second-order valence-corrected chi connectivity index (χ2v) is 6.60. The topological polar surface area (TPSA) is 65.5 Å². The van der Waals surface area contributed by atoms with E-state index < -0.39 is 5.82 Å². The second-order valence-electron chi connectivity index (χ2n) is 6.60. The Kier molecular flexibility index (Phi) is 4.64. The number of carbonyl (C=O) groups excluding carboxylic acids is 1. The van der Waals surface area contributed by atoms with Crippen molar-refractivity contribution in [2.24, 2.45) is 0 Å². The van der Waals surface area contributed by atoms with E-state index in [2.05, 4.69) is 24.8 Å². The highest BCUT2D eigenvalue weighted by atomic mass is 19.1. The van der Waals surface area contributed by atoms with E-state index in [4.69, 9.17) is 0 Å². The van der Waals surface area contributed by atoms with Gasteiger partial charge in [-0.2, -0.15) is 0 Å². The fourth-order valence-corrected chi connectivity index (χ4v) is 3.48. The fourth-order valence-electron chi connectivity index (χ4n) is 3.48. The Bertz CT molecular complexity index is 787. The summed E-state index contributed by atoms with van der Waals surface area (Å²) < 4.78 is 13.3. The highest BCUT2D eigenvalue weighted by Gasteiger charge is 2.24. The van der Waals surface area contributed by atoms with Crippen molar-refractivity contribution < 1.29 is 9.18 Å². The van der Waals surface area contributed by atoms with Gasteiger partial charge in [0.05, 0.1) is 11.8 Å². The summed E-state index contributed by atoms with van der Waals surface area (Å²) in [5, 5.41) is 0. The lowest BCUT2D eigenvalue weighted by molar-refractivity contribution is 0.0745. The number of aromatic nitrogens is 3. The molecule has 8 heteroatoms. The summed E-state index contributed by atoms with van der Waals surface area (Å²) in [7, 11) is 0. The molecule has 0 spiro atoms. The zero-order valence-electron chi connectivity index (χ0n) is 14.5. The largest absolute Gasteiger partial charge is 0.356 e. The average molecular weight is 356 g/mol. The van der Waals surface area contributed by atoms with E-state index in [-0.39, 0.29) is 11.5 Å². The molecule has 2 aliphatic heterocycles. The number of pyridine rings is 1. The minimum atomic E-state index is -0.495. The molecule has 1 amide bonds. The average Bonchev–Trinajstić information content (AvgIpc) is 3.23. The summed E-state index contributed by atoms with van der Waals surface area (Å²) in [5.74, 6) is 1.18. The Hall–Kier alpha value is -2.77. The van der Waals surface area contributed by atoms with Crippen LogP contribution in [0.4, 0.5) is 16.0 Å². The fraction of sp³-hybridized carbons (Fsp3) is 0.444. The number of halogens is 1. The molecule has 2 aromatic rings. The van der Waals surface area contributed by atoms with Crippen molar-refractivity contribution in [3.8, 4) is 0 Å². The second kappa shape index (κ2) is 7.23. The number of carbonyl (C=O) groups is 1. The Morgan fingerprint density at radius 1 is 0.885 bits per heavy atom. The maximum atomic E-state index is 13.3. The molecule has 0 bridgehead atoms. The first-order chi connectivity index (χ1) is 12.7. The molecule has 0 aliphatic carbocycles. The van der Waals surface area contributed by atoms with Crippen LogP contribution in [0.15, 0.2) is 30.9 Å². The summed E-state index contributed by atoms with van der Waals surface area (Å²) in [6.45, 7) is 4.59. The monoisotopic (exact) mass is 356 g/mol. The van der Waals surface area contributed by atoms with Crippen molar-refractivity contribution in [2.75, 3.05) is 49.1 Å². The molecule has 4 heterocycles. The van der Waals surface area contributed by atoms with Gasteiger partial charge in [0.15, 0.2) is 0 Å². The van der Waals surface area contributed by atoms with E-state index in [1.54, 1.807) is 11.2 Å².